The summed E-state index contributed by atoms with van der Waals surface area (Å²) in [6.45, 7) is 1.61. The second-order valence-corrected chi connectivity index (χ2v) is 3.92. The van der Waals surface area contributed by atoms with Crippen molar-refractivity contribution in [2.45, 2.75) is 6.92 Å². The summed E-state index contributed by atoms with van der Waals surface area (Å²) >= 11 is 0. The minimum absolute atomic E-state index is 0.0128. The second-order valence-electron chi connectivity index (χ2n) is 3.92. The Morgan fingerprint density at radius 3 is 2.90 bits per heavy atom. The summed E-state index contributed by atoms with van der Waals surface area (Å²) in [5.74, 6) is 0.0341. The molecule has 0 aliphatic heterocycles. The Balaban J connectivity index is 2.46. The summed E-state index contributed by atoms with van der Waals surface area (Å²) in [4.78, 5) is 14.0. The monoisotopic (exact) mass is 271 g/mol. The molecule has 1 N–H and O–H groups in total. The molecule has 0 aliphatic rings. The zero-order valence-corrected chi connectivity index (χ0v) is 10.4. The van der Waals surface area contributed by atoms with E-state index in [1.165, 1.54) is 12.3 Å². The lowest BCUT2D eigenvalue weighted by molar-refractivity contribution is -0.386. The van der Waals surface area contributed by atoms with Gasteiger partial charge in [0, 0.05) is 17.8 Å². The fraction of sp³-hybridized carbons (Fsp3) is 0.0769. The van der Waals surface area contributed by atoms with Gasteiger partial charge < -0.3 is 9.84 Å². The predicted octanol–water partition coefficient (Wildman–Crippen LogP) is 2.67. The molecule has 0 saturated heterocycles. The van der Waals surface area contributed by atoms with E-state index in [0.717, 1.165) is 6.07 Å². The Kier molecular flexibility index (Phi) is 3.48. The molecule has 0 atom stereocenters. The number of nitrogens with zero attached hydrogens (tertiary/aromatic N) is 3. The van der Waals surface area contributed by atoms with Crippen LogP contribution in [0.5, 0.6) is 17.4 Å². The predicted molar refractivity (Wildman–Crippen MR) is 68.5 cm³/mol. The number of hydrogen-bond acceptors (Lipinski definition) is 6. The average Bonchev–Trinajstić information content (AvgIpc) is 2.44. The molecule has 0 unspecified atom stereocenters. The molecule has 1 heterocycles. The topological polar surface area (TPSA) is 109 Å². The van der Waals surface area contributed by atoms with Crippen LogP contribution in [-0.4, -0.2) is 15.0 Å². The standard InChI is InChI=1S/C13H9N3O4/c1-8-11(17)3-2-4-12(8)20-13-10(16(18)19)5-9(6-14)7-15-13/h2-5,7,17H,1H3. The van der Waals surface area contributed by atoms with Crippen molar-refractivity contribution in [1.29, 1.82) is 5.26 Å². The molecule has 7 nitrogen and oxygen atoms in total. The lowest BCUT2D eigenvalue weighted by atomic mass is 10.2. The molecule has 7 heteroatoms. The van der Waals surface area contributed by atoms with Gasteiger partial charge in [0.05, 0.1) is 10.5 Å². The molecule has 1 aromatic carbocycles. The molecule has 2 rings (SSSR count). The van der Waals surface area contributed by atoms with Gasteiger partial charge in [-0.3, -0.25) is 10.1 Å². The summed E-state index contributed by atoms with van der Waals surface area (Å²) in [5, 5.41) is 29.2. The first kappa shape index (κ1) is 13.3. The van der Waals surface area contributed by atoms with Crippen LogP contribution < -0.4 is 4.74 Å². The number of ether oxygens (including phenoxy) is 1. The van der Waals surface area contributed by atoms with Gasteiger partial charge in [0.25, 0.3) is 5.88 Å². The molecular formula is C13H9N3O4. The number of phenolic OH excluding ortho intramolecular Hbond substituents is 1. The molecule has 0 radical (unpaired) electrons. The first-order valence-electron chi connectivity index (χ1n) is 5.54. The maximum absolute atomic E-state index is 11.0. The van der Waals surface area contributed by atoms with E-state index in [2.05, 4.69) is 4.98 Å². The second kappa shape index (κ2) is 5.24. The smallest absolute Gasteiger partial charge is 0.332 e. The van der Waals surface area contributed by atoms with E-state index >= 15 is 0 Å². The first-order valence-corrected chi connectivity index (χ1v) is 5.54. The zero-order chi connectivity index (χ0) is 14.7. The van der Waals surface area contributed by atoms with E-state index in [-0.39, 0.29) is 22.9 Å². The number of rotatable bonds is 3. The van der Waals surface area contributed by atoms with Crippen LogP contribution in [0.4, 0.5) is 5.69 Å². The Bertz CT molecular complexity index is 722. The van der Waals surface area contributed by atoms with Crippen molar-refractivity contribution in [3.05, 3.63) is 51.7 Å². The molecule has 1 aromatic heterocycles. The van der Waals surface area contributed by atoms with E-state index in [4.69, 9.17) is 10.00 Å². The quantitative estimate of drug-likeness (QED) is 0.678. The fourth-order valence-electron chi connectivity index (χ4n) is 1.53. The van der Waals surface area contributed by atoms with Crippen molar-refractivity contribution in [1.82, 2.24) is 4.98 Å². The fourth-order valence-corrected chi connectivity index (χ4v) is 1.53. The van der Waals surface area contributed by atoms with Gasteiger partial charge in [-0.1, -0.05) is 6.07 Å². The average molecular weight is 271 g/mol. The maximum atomic E-state index is 11.0. The molecular weight excluding hydrogens is 262 g/mol. The Morgan fingerprint density at radius 1 is 1.50 bits per heavy atom. The molecule has 0 amide bonds. The van der Waals surface area contributed by atoms with Gasteiger partial charge in [0.1, 0.15) is 17.6 Å². The number of aromatic nitrogens is 1. The molecule has 20 heavy (non-hydrogen) atoms. The number of benzene rings is 1. The summed E-state index contributed by atoms with van der Waals surface area (Å²) in [6.07, 6.45) is 1.18. The van der Waals surface area contributed by atoms with Crippen molar-refractivity contribution in [3.8, 4) is 23.4 Å². The van der Waals surface area contributed by atoms with E-state index in [1.807, 2.05) is 0 Å². The van der Waals surface area contributed by atoms with Gasteiger partial charge in [-0.25, -0.2) is 4.98 Å². The van der Waals surface area contributed by atoms with Gasteiger partial charge in [-0.15, -0.1) is 0 Å². The van der Waals surface area contributed by atoms with Crippen molar-refractivity contribution >= 4 is 5.69 Å². The molecule has 2 aromatic rings. The highest BCUT2D eigenvalue weighted by atomic mass is 16.6. The van der Waals surface area contributed by atoms with Crippen molar-refractivity contribution in [3.63, 3.8) is 0 Å². The van der Waals surface area contributed by atoms with Gasteiger partial charge in [0.2, 0.25) is 0 Å². The third kappa shape index (κ3) is 2.49. The number of hydrogen-bond donors (Lipinski definition) is 1. The van der Waals surface area contributed by atoms with Gasteiger partial charge in [-0.05, 0) is 19.1 Å². The maximum Gasteiger partial charge on any atom is 0.332 e. The molecule has 0 spiro atoms. The van der Waals surface area contributed by atoms with E-state index in [9.17, 15) is 15.2 Å². The van der Waals surface area contributed by atoms with Gasteiger partial charge in [0.15, 0.2) is 0 Å². The summed E-state index contributed by atoms with van der Waals surface area (Å²) in [6, 6.07) is 7.43. The Hall–Kier alpha value is -3.14. The zero-order valence-electron chi connectivity index (χ0n) is 10.4. The van der Waals surface area contributed by atoms with Crippen LogP contribution in [0.1, 0.15) is 11.1 Å². The van der Waals surface area contributed by atoms with Crippen LogP contribution in [0.25, 0.3) is 0 Å². The van der Waals surface area contributed by atoms with Crippen molar-refractivity contribution in [2.24, 2.45) is 0 Å². The van der Waals surface area contributed by atoms with Crippen molar-refractivity contribution in [2.75, 3.05) is 0 Å². The normalized spacial score (nSPS) is 9.80. The van der Waals surface area contributed by atoms with E-state index < -0.39 is 10.6 Å². The molecule has 0 fully saturated rings. The van der Waals surface area contributed by atoms with Gasteiger partial charge >= 0.3 is 5.69 Å². The Morgan fingerprint density at radius 2 is 2.25 bits per heavy atom. The number of aromatic hydroxyl groups is 1. The molecule has 0 bridgehead atoms. The SMILES string of the molecule is Cc1c(O)cccc1Oc1ncc(C#N)cc1[N+](=O)[O-]. The largest absolute Gasteiger partial charge is 0.508 e. The first-order chi connectivity index (χ1) is 9.52. The lowest BCUT2D eigenvalue weighted by Crippen LogP contribution is -1.98. The Labute approximate surface area is 113 Å². The minimum Gasteiger partial charge on any atom is -0.508 e. The van der Waals surface area contributed by atoms with E-state index in [1.54, 1.807) is 25.1 Å². The number of nitriles is 1. The molecule has 0 aliphatic carbocycles. The number of nitro groups is 1. The third-order valence-electron chi connectivity index (χ3n) is 2.62. The summed E-state index contributed by atoms with van der Waals surface area (Å²) in [7, 11) is 0. The summed E-state index contributed by atoms with van der Waals surface area (Å²) < 4.78 is 5.36. The minimum atomic E-state index is -0.679. The van der Waals surface area contributed by atoms with E-state index in [0.29, 0.717) is 5.56 Å². The molecule has 0 saturated carbocycles. The van der Waals surface area contributed by atoms with Crippen LogP contribution in [-0.2, 0) is 0 Å². The van der Waals surface area contributed by atoms with Crippen LogP contribution in [0.3, 0.4) is 0 Å². The van der Waals surface area contributed by atoms with Crippen LogP contribution in [0.2, 0.25) is 0 Å². The van der Waals surface area contributed by atoms with Crippen LogP contribution >= 0.6 is 0 Å². The van der Waals surface area contributed by atoms with Crippen molar-refractivity contribution < 1.29 is 14.8 Å². The van der Waals surface area contributed by atoms with Gasteiger partial charge in [-0.2, -0.15) is 5.26 Å². The highest BCUT2D eigenvalue weighted by Crippen LogP contribution is 2.33. The number of pyridine rings is 1. The number of phenols is 1. The molecule has 100 valence electrons. The highest BCUT2D eigenvalue weighted by molar-refractivity contribution is 5.50. The summed E-state index contributed by atoms with van der Waals surface area (Å²) in [5.41, 5.74) is 0.0939. The highest BCUT2D eigenvalue weighted by Gasteiger charge is 2.19. The lowest BCUT2D eigenvalue weighted by Gasteiger charge is -2.08. The third-order valence-corrected chi connectivity index (χ3v) is 2.62. The van der Waals surface area contributed by atoms with Crippen LogP contribution in [0, 0.1) is 28.4 Å². The van der Waals surface area contributed by atoms with Crippen LogP contribution in [0.15, 0.2) is 30.5 Å².